The van der Waals surface area contributed by atoms with Crippen LogP contribution >= 0.6 is 15.9 Å². The molecule has 1 heterocycles. The van der Waals surface area contributed by atoms with Gasteiger partial charge in [0.1, 0.15) is 4.47 Å². The summed E-state index contributed by atoms with van der Waals surface area (Å²) in [5, 5.41) is 3.93. The predicted molar refractivity (Wildman–Crippen MR) is 59.5 cm³/mol. The lowest BCUT2D eigenvalue weighted by atomic mass is 10.4. The first-order valence-corrected chi connectivity index (χ1v) is 5.00. The summed E-state index contributed by atoms with van der Waals surface area (Å²) in [4.78, 5) is 13.4. The van der Waals surface area contributed by atoms with Crippen LogP contribution in [-0.4, -0.2) is 29.9 Å². The lowest BCUT2D eigenvalue weighted by molar-refractivity contribution is 0.698. The Bertz CT molecular complexity index is 376. The highest BCUT2D eigenvalue weighted by molar-refractivity contribution is 9.10. The zero-order valence-corrected chi connectivity index (χ0v) is 9.78. The number of hydrogen-bond donors (Lipinski definition) is 1. The molecule has 0 amide bonds. The van der Waals surface area contributed by atoms with E-state index in [9.17, 15) is 4.79 Å². The molecule has 0 saturated heterocycles. The minimum Gasteiger partial charge on any atom is -0.371 e. The number of hydrogen-bond acceptors (Lipinski definition) is 4. The van der Waals surface area contributed by atoms with E-state index in [-0.39, 0.29) is 5.56 Å². The minimum absolute atomic E-state index is 0.147. The van der Waals surface area contributed by atoms with Gasteiger partial charge in [0, 0.05) is 27.2 Å². The summed E-state index contributed by atoms with van der Waals surface area (Å²) in [7, 11) is 3.48. The highest BCUT2D eigenvalue weighted by Gasteiger charge is 2.09. The van der Waals surface area contributed by atoms with Crippen molar-refractivity contribution in [3.63, 3.8) is 0 Å². The fraction of sp³-hybridized carbons (Fsp3) is 0.500. The molecule has 5 nitrogen and oxygen atoms in total. The van der Waals surface area contributed by atoms with Crippen LogP contribution in [0.5, 0.6) is 0 Å². The highest BCUT2D eigenvalue weighted by atomic mass is 79.9. The van der Waals surface area contributed by atoms with Gasteiger partial charge in [-0.15, -0.1) is 0 Å². The Morgan fingerprint density at radius 3 is 2.93 bits per heavy atom. The first-order chi connectivity index (χ1) is 6.57. The first kappa shape index (κ1) is 11.2. The molecule has 0 fully saturated rings. The zero-order chi connectivity index (χ0) is 10.7. The normalized spacial score (nSPS) is 10.3. The van der Waals surface area contributed by atoms with Crippen molar-refractivity contribution in [1.29, 1.82) is 0 Å². The standard InChI is InChI=1S/C8H13BrN4O/c1-12(4-3-10)6-5-11-13(2)8(14)7(6)9/h5H,3-4,10H2,1-2H3. The van der Waals surface area contributed by atoms with Gasteiger partial charge in [-0.3, -0.25) is 4.79 Å². The molecule has 78 valence electrons. The third kappa shape index (κ3) is 2.13. The first-order valence-electron chi connectivity index (χ1n) is 4.21. The molecule has 2 N–H and O–H groups in total. The van der Waals surface area contributed by atoms with Gasteiger partial charge in [0.25, 0.3) is 5.56 Å². The van der Waals surface area contributed by atoms with Gasteiger partial charge in [-0.2, -0.15) is 5.10 Å². The van der Waals surface area contributed by atoms with Crippen LogP contribution in [0.4, 0.5) is 5.69 Å². The maximum absolute atomic E-state index is 11.5. The second kappa shape index (κ2) is 4.56. The van der Waals surface area contributed by atoms with E-state index in [0.717, 1.165) is 5.69 Å². The summed E-state index contributed by atoms with van der Waals surface area (Å²) in [6, 6.07) is 0. The smallest absolute Gasteiger partial charge is 0.282 e. The number of aromatic nitrogens is 2. The van der Waals surface area contributed by atoms with E-state index in [1.807, 2.05) is 11.9 Å². The van der Waals surface area contributed by atoms with Gasteiger partial charge in [0.2, 0.25) is 0 Å². The van der Waals surface area contributed by atoms with Gasteiger partial charge in [-0.1, -0.05) is 0 Å². The third-order valence-electron chi connectivity index (χ3n) is 1.94. The number of nitrogens with two attached hydrogens (primary N) is 1. The fourth-order valence-electron chi connectivity index (χ4n) is 1.08. The van der Waals surface area contributed by atoms with Crippen molar-refractivity contribution in [3.05, 3.63) is 21.0 Å². The van der Waals surface area contributed by atoms with Crippen molar-refractivity contribution < 1.29 is 0 Å². The Morgan fingerprint density at radius 2 is 2.36 bits per heavy atom. The van der Waals surface area contributed by atoms with Crippen LogP contribution in [0, 0.1) is 0 Å². The van der Waals surface area contributed by atoms with Gasteiger partial charge in [-0.25, -0.2) is 4.68 Å². The molecule has 0 radical (unpaired) electrons. The Labute approximate surface area is 90.6 Å². The SMILES string of the molecule is CN(CCN)c1cnn(C)c(=O)c1Br. The minimum atomic E-state index is -0.147. The largest absolute Gasteiger partial charge is 0.371 e. The second-order valence-corrected chi connectivity index (χ2v) is 3.78. The van der Waals surface area contributed by atoms with E-state index in [1.165, 1.54) is 4.68 Å². The molecule has 14 heavy (non-hydrogen) atoms. The van der Waals surface area contributed by atoms with Crippen LogP contribution in [-0.2, 0) is 7.05 Å². The quantitative estimate of drug-likeness (QED) is 0.827. The third-order valence-corrected chi connectivity index (χ3v) is 2.68. The molecule has 1 rings (SSSR count). The maximum atomic E-state index is 11.5. The molecule has 1 aromatic heterocycles. The van der Waals surface area contributed by atoms with E-state index in [1.54, 1.807) is 13.2 Å². The number of aryl methyl sites for hydroxylation is 1. The molecule has 0 aliphatic rings. The molecule has 1 aromatic rings. The molecule has 0 spiro atoms. The van der Waals surface area contributed by atoms with Crippen molar-refractivity contribution in [2.75, 3.05) is 25.0 Å². The molecule has 0 aliphatic heterocycles. The molecule has 0 atom stereocenters. The van der Waals surface area contributed by atoms with Gasteiger partial charge in [-0.05, 0) is 15.9 Å². The average Bonchev–Trinajstić information content (AvgIpc) is 2.15. The van der Waals surface area contributed by atoms with Crippen molar-refractivity contribution >= 4 is 21.6 Å². The average molecular weight is 261 g/mol. The summed E-state index contributed by atoms with van der Waals surface area (Å²) in [6.45, 7) is 1.23. The molecule has 0 unspecified atom stereocenters. The summed E-state index contributed by atoms with van der Waals surface area (Å²) in [6.07, 6.45) is 1.64. The number of likely N-dealkylation sites (N-methyl/N-ethyl adjacent to an activating group) is 1. The Hall–Kier alpha value is -0.880. The molecular formula is C8H13BrN4O. The van der Waals surface area contributed by atoms with Gasteiger partial charge < -0.3 is 10.6 Å². The molecule has 6 heteroatoms. The summed E-state index contributed by atoms with van der Waals surface area (Å²) >= 11 is 3.25. The maximum Gasteiger partial charge on any atom is 0.282 e. The van der Waals surface area contributed by atoms with Crippen LogP contribution in [0.1, 0.15) is 0 Å². The van der Waals surface area contributed by atoms with Crippen LogP contribution in [0.2, 0.25) is 0 Å². The Balaban J connectivity index is 3.11. The summed E-state index contributed by atoms with van der Waals surface area (Å²) in [5.74, 6) is 0. The van der Waals surface area contributed by atoms with Crippen molar-refractivity contribution in [2.24, 2.45) is 12.8 Å². The predicted octanol–water partition coefficient (Wildman–Crippen LogP) is -0.0623. The number of rotatable bonds is 3. The molecule has 0 aromatic carbocycles. The van der Waals surface area contributed by atoms with Crippen LogP contribution in [0.15, 0.2) is 15.5 Å². The zero-order valence-electron chi connectivity index (χ0n) is 8.20. The number of halogens is 1. The molecule has 0 bridgehead atoms. The Kier molecular flexibility index (Phi) is 3.65. The number of nitrogens with zero attached hydrogens (tertiary/aromatic N) is 3. The van der Waals surface area contributed by atoms with Gasteiger partial charge in [0.15, 0.2) is 0 Å². The van der Waals surface area contributed by atoms with Crippen LogP contribution in [0.3, 0.4) is 0 Å². The molecular weight excluding hydrogens is 248 g/mol. The monoisotopic (exact) mass is 260 g/mol. The molecule has 0 saturated carbocycles. The molecule has 0 aliphatic carbocycles. The Morgan fingerprint density at radius 1 is 1.71 bits per heavy atom. The highest BCUT2D eigenvalue weighted by Crippen LogP contribution is 2.19. The van der Waals surface area contributed by atoms with Crippen LogP contribution < -0.4 is 16.2 Å². The van der Waals surface area contributed by atoms with Crippen molar-refractivity contribution in [3.8, 4) is 0 Å². The summed E-state index contributed by atoms with van der Waals surface area (Å²) < 4.78 is 1.80. The topological polar surface area (TPSA) is 64.2 Å². The van der Waals surface area contributed by atoms with Gasteiger partial charge >= 0.3 is 0 Å². The lowest BCUT2D eigenvalue weighted by Crippen LogP contribution is -2.29. The van der Waals surface area contributed by atoms with E-state index in [4.69, 9.17) is 5.73 Å². The van der Waals surface area contributed by atoms with Gasteiger partial charge in [0.05, 0.1) is 11.9 Å². The van der Waals surface area contributed by atoms with Crippen molar-refractivity contribution in [1.82, 2.24) is 9.78 Å². The lowest BCUT2D eigenvalue weighted by Gasteiger charge is -2.18. The van der Waals surface area contributed by atoms with E-state index < -0.39 is 0 Å². The second-order valence-electron chi connectivity index (χ2n) is 2.98. The fourth-order valence-corrected chi connectivity index (χ4v) is 1.74. The van der Waals surface area contributed by atoms with Crippen LogP contribution in [0.25, 0.3) is 0 Å². The van der Waals surface area contributed by atoms with E-state index in [0.29, 0.717) is 17.6 Å². The van der Waals surface area contributed by atoms with E-state index >= 15 is 0 Å². The van der Waals surface area contributed by atoms with Crippen molar-refractivity contribution in [2.45, 2.75) is 0 Å². The number of anilines is 1. The van der Waals surface area contributed by atoms with E-state index in [2.05, 4.69) is 21.0 Å². The summed E-state index contributed by atoms with van der Waals surface area (Å²) in [5.41, 5.74) is 6.04.